The van der Waals surface area contributed by atoms with Crippen LogP contribution in [0.5, 0.6) is 0 Å². The van der Waals surface area contributed by atoms with Crippen LogP contribution >= 0.6 is 0 Å². The molecule has 0 heterocycles. The summed E-state index contributed by atoms with van der Waals surface area (Å²) in [6, 6.07) is 5.11. The fraction of sp³-hybridized carbons (Fsp3) is 0.400. The summed E-state index contributed by atoms with van der Waals surface area (Å²) in [5.74, 6) is -1.74. The summed E-state index contributed by atoms with van der Waals surface area (Å²) in [6.45, 7) is 3.80. The molecule has 2 amide bonds. The number of nitro benzene ring substituents is 1. The molecule has 1 aromatic carbocycles. The minimum absolute atomic E-state index is 0.0521. The van der Waals surface area contributed by atoms with E-state index >= 15 is 0 Å². The SMILES string of the molecule is CCN(CC)C(=O)COC(=O)CNC(=O)c1cccc([N+](=O)[O-])c1. The van der Waals surface area contributed by atoms with Gasteiger partial charge >= 0.3 is 5.97 Å². The number of carbonyl (C=O) groups excluding carboxylic acids is 3. The number of likely N-dealkylation sites (N-methyl/N-ethyl adjacent to an activating group) is 1. The van der Waals surface area contributed by atoms with E-state index in [0.29, 0.717) is 13.1 Å². The van der Waals surface area contributed by atoms with Crippen molar-refractivity contribution in [1.29, 1.82) is 0 Å². The third-order valence-corrected chi connectivity index (χ3v) is 3.19. The van der Waals surface area contributed by atoms with Crippen LogP contribution in [-0.4, -0.2) is 53.8 Å². The van der Waals surface area contributed by atoms with Gasteiger partial charge in [0.15, 0.2) is 6.61 Å². The van der Waals surface area contributed by atoms with Crippen LogP contribution in [0.3, 0.4) is 0 Å². The van der Waals surface area contributed by atoms with Gasteiger partial charge in [0.2, 0.25) is 0 Å². The highest BCUT2D eigenvalue weighted by atomic mass is 16.6. The fourth-order valence-corrected chi connectivity index (χ4v) is 1.88. The van der Waals surface area contributed by atoms with Gasteiger partial charge in [0.25, 0.3) is 17.5 Å². The number of amides is 2. The highest BCUT2D eigenvalue weighted by Crippen LogP contribution is 2.12. The predicted octanol–water partition coefficient (Wildman–Crippen LogP) is 0.736. The molecule has 0 saturated carbocycles. The second-order valence-electron chi connectivity index (χ2n) is 4.72. The zero-order chi connectivity index (χ0) is 18.1. The number of rotatable bonds is 8. The molecule has 9 heteroatoms. The largest absolute Gasteiger partial charge is 0.454 e. The van der Waals surface area contributed by atoms with Gasteiger partial charge in [0.05, 0.1) is 4.92 Å². The van der Waals surface area contributed by atoms with Crippen LogP contribution in [0.2, 0.25) is 0 Å². The number of nitrogens with zero attached hydrogens (tertiary/aromatic N) is 2. The number of nitro groups is 1. The van der Waals surface area contributed by atoms with Crippen molar-refractivity contribution < 1.29 is 24.0 Å². The summed E-state index contributed by atoms with van der Waals surface area (Å²) in [7, 11) is 0. The van der Waals surface area contributed by atoms with Gasteiger partial charge in [0, 0.05) is 30.8 Å². The van der Waals surface area contributed by atoms with E-state index in [4.69, 9.17) is 4.74 Å². The summed E-state index contributed by atoms with van der Waals surface area (Å²) >= 11 is 0. The topological polar surface area (TPSA) is 119 Å². The van der Waals surface area contributed by atoms with Crippen molar-refractivity contribution in [2.45, 2.75) is 13.8 Å². The highest BCUT2D eigenvalue weighted by Gasteiger charge is 2.15. The number of hydrogen-bond donors (Lipinski definition) is 1. The van der Waals surface area contributed by atoms with Crippen molar-refractivity contribution in [3.8, 4) is 0 Å². The van der Waals surface area contributed by atoms with E-state index in [2.05, 4.69) is 5.32 Å². The monoisotopic (exact) mass is 337 g/mol. The molecule has 9 nitrogen and oxygen atoms in total. The minimum Gasteiger partial charge on any atom is -0.454 e. The second-order valence-corrected chi connectivity index (χ2v) is 4.72. The van der Waals surface area contributed by atoms with Crippen molar-refractivity contribution in [3.63, 3.8) is 0 Å². The van der Waals surface area contributed by atoms with Crippen LogP contribution in [0.4, 0.5) is 5.69 Å². The maximum atomic E-state index is 11.8. The Morgan fingerprint density at radius 2 is 1.92 bits per heavy atom. The Kier molecular flexibility index (Phi) is 7.34. The Hall–Kier alpha value is -2.97. The molecule has 1 aromatic rings. The van der Waals surface area contributed by atoms with Gasteiger partial charge in [-0.05, 0) is 19.9 Å². The standard InChI is InChI=1S/C15H19N3O6/c1-3-17(4-2)13(19)10-24-14(20)9-16-15(21)11-6-5-7-12(8-11)18(22)23/h5-8H,3-4,9-10H2,1-2H3,(H,16,21). The van der Waals surface area contributed by atoms with Gasteiger partial charge < -0.3 is 15.0 Å². The molecule has 24 heavy (non-hydrogen) atoms. The van der Waals surface area contributed by atoms with E-state index in [-0.39, 0.29) is 17.2 Å². The highest BCUT2D eigenvalue weighted by molar-refractivity contribution is 5.96. The third-order valence-electron chi connectivity index (χ3n) is 3.19. The number of hydrogen-bond acceptors (Lipinski definition) is 6. The summed E-state index contributed by atoms with van der Waals surface area (Å²) in [5, 5.41) is 12.9. The van der Waals surface area contributed by atoms with Crippen molar-refractivity contribution in [3.05, 3.63) is 39.9 Å². The van der Waals surface area contributed by atoms with Crippen molar-refractivity contribution in [1.82, 2.24) is 10.2 Å². The third kappa shape index (κ3) is 5.67. The maximum absolute atomic E-state index is 11.8. The number of carbonyl (C=O) groups is 3. The molecule has 0 aliphatic carbocycles. The lowest BCUT2D eigenvalue weighted by molar-refractivity contribution is -0.384. The summed E-state index contributed by atoms with van der Waals surface area (Å²) in [6.07, 6.45) is 0. The Morgan fingerprint density at radius 1 is 1.25 bits per heavy atom. The van der Waals surface area contributed by atoms with E-state index < -0.39 is 30.0 Å². The number of benzene rings is 1. The Labute approximate surface area is 138 Å². The van der Waals surface area contributed by atoms with Crippen molar-refractivity contribution in [2.75, 3.05) is 26.2 Å². The Bertz CT molecular complexity index is 627. The first-order chi connectivity index (χ1) is 11.4. The van der Waals surface area contributed by atoms with E-state index in [0.717, 1.165) is 6.07 Å². The van der Waals surface area contributed by atoms with E-state index in [1.165, 1.54) is 23.1 Å². The normalized spacial score (nSPS) is 9.92. The van der Waals surface area contributed by atoms with Crippen LogP contribution < -0.4 is 5.32 Å². The zero-order valence-corrected chi connectivity index (χ0v) is 13.5. The Balaban J connectivity index is 2.47. The van der Waals surface area contributed by atoms with Crippen molar-refractivity contribution >= 4 is 23.5 Å². The molecule has 0 bridgehead atoms. The zero-order valence-electron chi connectivity index (χ0n) is 13.5. The number of ether oxygens (including phenoxy) is 1. The molecule has 0 aromatic heterocycles. The number of non-ortho nitro benzene ring substituents is 1. The van der Waals surface area contributed by atoms with Crippen LogP contribution in [0.25, 0.3) is 0 Å². The minimum atomic E-state index is -0.769. The maximum Gasteiger partial charge on any atom is 0.325 e. The lowest BCUT2D eigenvalue weighted by atomic mass is 10.2. The van der Waals surface area contributed by atoms with E-state index in [1.807, 2.05) is 13.8 Å². The van der Waals surface area contributed by atoms with Gasteiger partial charge in [0.1, 0.15) is 6.54 Å². The molecule has 0 atom stereocenters. The first kappa shape index (κ1) is 19.1. The Morgan fingerprint density at radius 3 is 2.50 bits per heavy atom. The lowest BCUT2D eigenvalue weighted by Crippen LogP contribution is -2.36. The molecule has 1 N–H and O–H groups in total. The molecule has 0 unspecified atom stereocenters. The summed E-state index contributed by atoms with van der Waals surface area (Å²) in [4.78, 5) is 46.6. The smallest absolute Gasteiger partial charge is 0.325 e. The summed E-state index contributed by atoms with van der Waals surface area (Å²) < 4.78 is 4.78. The average molecular weight is 337 g/mol. The van der Waals surface area contributed by atoms with Gasteiger partial charge in [-0.15, -0.1) is 0 Å². The fourth-order valence-electron chi connectivity index (χ4n) is 1.88. The molecule has 0 radical (unpaired) electrons. The molecule has 0 saturated heterocycles. The molecular weight excluding hydrogens is 318 g/mol. The molecule has 130 valence electrons. The molecule has 0 spiro atoms. The number of esters is 1. The van der Waals surface area contributed by atoms with Gasteiger partial charge in [-0.2, -0.15) is 0 Å². The van der Waals surface area contributed by atoms with Crippen molar-refractivity contribution in [2.24, 2.45) is 0 Å². The average Bonchev–Trinajstić information content (AvgIpc) is 2.58. The molecule has 0 aliphatic rings. The first-order valence-electron chi connectivity index (χ1n) is 7.35. The molecule has 0 aliphatic heterocycles. The quantitative estimate of drug-likeness (QED) is 0.424. The predicted molar refractivity (Wildman–Crippen MR) is 84.3 cm³/mol. The van der Waals surface area contributed by atoms with Crippen LogP contribution in [0.15, 0.2) is 24.3 Å². The molecule has 0 fully saturated rings. The van der Waals surface area contributed by atoms with Crippen LogP contribution in [0.1, 0.15) is 24.2 Å². The van der Waals surface area contributed by atoms with Crippen LogP contribution in [-0.2, 0) is 14.3 Å². The lowest BCUT2D eigenvalue weighted by Gasteiger charge is -2.18. The summed E-state index contributed by atoms with van der Waals surface area (Å²) in [5.41, 5.74) is -0.175. The molecular formula is C15H19N3O6. The number of nitrogens with one attached hydrogen (secondary N) is 1. The van der Waals surface area contributed by atoms with E-state index in [1.54, 1.807) is 0 Å². The van der Waals surface area contributed by atoms with Gasteiger partial charge in [-0.25, -0.2) is 0 Å². The van der Waals surface area contributed by atoms with E-state index in [9.17, 15) is 24.5 Å². The van der Waals surface area contributed by atoms with Gasteiger partial charge in [-0.1, -0.05) is 6.07 Å². The second kappa shape index (κ2) is 9.23. The van der Waals surface area contributed by atoms with Crippen LogP contribution in [0, 0.1) is 10.1 Å². The molecule has 1 rings (SSSR count). The first-order valence-corrected chi connectivity index (χ1v) is 7.35. The van der Waals surface area contributed by atoms with Gasteiger partial charge in [-0.3, -0.25) is 24.5 Å².